The number of nitrogens with zero attached hydrogens (tertiary/aromatic N) is 2. The fourth-order valence-corrected chi connectivity index (χ4v) is 2.68. The first-order valence-corrected chi connectivity index (χ1v) is 8.95. The monoisotopic (exact) mass is 396 g/mol. The molecular formula is C21H21FN4O3. The minimum Gasteiger partial charge on any atom is -0.493 e. The summed E-state index contributed by atoms with van der Waals surface area (Å²) in [5.74, 6) is 0.941. The Labute approximate surface area is 167 Å². The second kappa shape index (κ2) is 9.50. The maximum absolute atomic E-state index is 13.6. The summed E-state index contributed by atoms with van der Waals surface area (Å²) in [7, 11) is 3.06. The Kier molecular flexibility index (Phi) is 6.57. The van der Waals surface area contributed by atoms with Gasteiger partial charge in [-0.25, -0.2) is 4.39 Å². The second-order valence-corrected chi connectivity index (χ2v) is 6.10. The standard InChI is InChI=1S/C21H21FN4O3/c1-28-18-9-7-15(13-19(18)29-2)24-21(27)17-8-10-20(26-25-17)23-12-11-14-5-3-4-6-16(14)22/h3-10,13H,11-12H2,1-2H3,(H,23,26)(H,24,27). The van der Waals surface area contributed by atoms with E-state index in [0.29, 0.717) is 41.5 Å². The molecule has 0 fully saturated rings. The Bertz CT molecular complexity index is 980. The van der Waals surface area contributed by atoms with E-state index < -0.39 is 5.91 Å². The number of hydrogen-bond donors (Lipinski definition) is 2. The molecule has 0 unspecified atom stereocenters. The fourth-order valence-electron chi connectivity index (χ4n) is 2.68. The van der Waals surface area contributed by atoms with Crippen molar-refractivity contribution < 1.29 is 18.7 Å². The van der Waals surface area contributed by atoms with Crippen LogP contribution in [0.1, 0.15) is 16.1 Å². The van der Waals surface area contributed by atoms with Crippen molar-refractivity contribution in [1.29, 1.82) is 0 Å². The number of carbonyl (C=O) groups is 1. The molecule has 3 aromatic rings. The first kappa shape index (κ1) is 20.1. The average Bonchev–Trinajstić information content (AvgIpc) is 2.75. The van der Waals surface area contributed by atoms with Crippen molar-refractivity contribution in [1.82, 2.24) is 10.2 Å². The van der Waals surface area contributed by atoms with E-state index in [4.69, 9.17) is 9.47 Å². The molecule has 150 valence electrons. The van der Waals surface area contributed by atoms with Gasteiger partial charge in [0, 0.05) is 18.3 Å². The lowest BCUT2D eigenvalue weighted by Gasteiger charge is -2.10. The number of ether oxygens (including phenoxy) is 2. The summed E-state index contributed by atoms with van der Waals surface area (Å²) in [5, 5.41) is 13.7. The van der Waals surface area contributed by atoms with Gasteiger partial charge in [0.1, 0.15) is 11.6 Å². The van der Waals surface area contributed by atoms with Crippen LogP contribution in [-0.2, 0) is 6.42 Å². The van der Waals surface area contributed by atoms with Crippen LogP contribution in [0.2, 0.25) is 0 Å². The largest absolute Gasteiger partial charge is 0.493 e. The van der Waals surface area contributed by atoms with Crippen LogP contribution in [0.5, 0.6) is 11.5 Å². The molecule has 2 N–H and O–H groups in total. The van der Waals surface area contributed by atoms with Gasteiger partial charge in [0.25, 0.3) is 5.91 Å². The summed E-state index contributed by atoms with van der Waals surface area (Å²) in [5.41, 5.74) is 1.33. The Morgan fingerprint density at radius 1 is 1.00 bits per heavy atom. The van der Waals surface area contributed by atoms with E-state index in [1.807, 2.05) is 0 Å². The number of anilines is 2. The smallest absolute Gasteiger partial charge is 0.276 e. The van der Waals surface area contributed by atoms with Gasteiger partial charge in [0.2, 0.25) is 0 Å². The highest BCUT2D eigenvalue weighted by Crippen LogP contribution is 2.29. The molecule has 3 rings (SSSR count). The zero-order chi connectivity index (χ0) is 20.6. The predicted octanol–water partition coefficient (Wildman–Crippen LogP) is 3.54. The Balaban J connectivity index is 1.56. The number of hydrogen-bond acceptors (Lipinski definition) is 6. The van der Waals surface area contributed by atoms with E-state index in [2.05, 4.69) is 20.8 Å². The first-order chi connectivity index (χ1) is 14.1. The van der Waals surface area contributed by atoms with E-state index in [9.17, 15) is 9.18 Å². The van der Waals surface area contributed by atoms with Gasteiger partial charge in [0.15, 0.2) is 17.2 Å². The molecule has 0 radical (unpaired) electrons. The lowest BCUT2D eigenvalue weighted by molar-refractivity contribution is 0.102. The normalized spacial score (nSPS) is 10.3. The summed E-state index contributed by atoms with van der Waals surface area (Å²) in [6.45, 7) is 0.493. The van der Waals surface area contributed by atoms with E-state index >= 15 is 0 Å². The molecule has 0 bridgehead atoms. The quantitative estimate of drug-likeness (QED) is 0.606. The number of nitrogens with one attached hydrogen (secondary N) is 2. The molecule has 7 nitrogen and oxygen atoms in total. The number of carbonyl (C=O) groups excluding carboxylic acids is 1. The van der Waals surface area contributed by atoms with E-state index in [1.54, 1.807) is 48.5 Å². The predicted molar refractivity (Wildman–Crippen MR) is 108 cm³/mol. The lowest BCUT2D eigenvalue weighted by atomic mass is 10.1. The molecular weight excluding hydrogens is 375 g/mol. The van der Waals surface area contributed by atoms with Crippen LogP contribution in [0.25, 0.3) is 0 Å². The maximum Gasteiger partial charge on any atom is 0.276 e. The fraction of sp³-hybridized carbons (Fsp3) is 0.190. The molecule has 8 heteroatoms. The molecule has 0 saturated heterocycles. The van der Waals surface area contributed by atoms with Crippen LogP contribution >= 0.6 is 0 Å². The van der Waals surface area contributed by atoms with Gasteiger partial charge < -0.3 is 20.1 Å². The summed E-state index contributed by atoms with van der Waals surface area (Å²) < 4.78 is 24.0. The second-order valence-electron chi connectivity index (χ2n) is 6.10. The topological polar surface area (TPSA) is 85.4 Å². The average molecular weight is 396 g/mol. The van der Waals surface area contributed by atoms with Crippen LogP contribution < -0.4 is 20.1 Å². The Morgan fingerprint density at radius 2 is 1.79 bits per heavy atom. The highest BCUT2D eigenvalue weighted by molar-refractivity contribution is 6.02. The molecule has 2 aromatic carbocycles. The summed E-state index contributed by atoms with van der Waals surface area (Å²) in [6, 6.07) is 14.9. The Morgan fingerprint density at radius 3 is 2.48 bits per heavy atom. The zero-order valence-electron chi connectivity index (χ0n) is 16.1. The molecule has 0 aliphatic heterocycles. The van der Waals surface area contributed by atoms with Crippen LogP contribution in [0.4, 0.5) is 15.9 Å². The van der Waals surface area contributed by atoms with Gasteiger partial charge in [-0.05, 0) is 42.3 Å². The third-order valence-electron chi connectivity index (χ3n) is 4.20. The zero-order valence-corrected chi connectivity index (χ0v) is 16.1. The molecule has 1 heterocycles. The molecule has 1 amide bonds. The van der Waals surface area contributed by atoms with Crippen molar-refractivity contribution in [2.24, 2.45) is 0 Å². The Hall–Kier alpha value is -3.68. The molecule has 0 aliphatic carbocycles. The van der Waals surface area contributed by atoms with Gasteiger partial charge in [-0.3, -0.25) is 4.79 Å². The third kappa shape index (κ3) is 5.19. The summed E-state index contributed by atoms with van der Waals surface area (Å²) in [6.07, 6.45) is 0.510. The van der Waals surface area contributed by atoms with Crippen molar-refractivity contribution in [2.45, 2.75) is 6.42 Å². The lowest BCUT2D eigenvalue weighted by Crippen LogP contribution is -2.15. The maximum atomic E-state index is 13.6. The van der Waals surface area contributed by atoms with E-state index in [0.717, 1.165) is 0 Å². The third-order valence-corrected chi connectivity index (χ3v) is 4.20. The molecule has 0 saturated carbocycles. The summed E-state index contributed by atoms with van der Waals surface area (Å²) in [4.78, 5) is 12.4. The number of halogens is 1. The van der Waals surface area contributed by atoms with Gasteiger partial charge in [-0.2, -0.15) is 0 Å². The van der Waals surface area contributed by atoms with Crippen molar-refractivity contribution in [3.8, 4) is 11.5 Å². The minimum atomic E-state index is -0.400. The van der Waals surface area contributed by atoms with E-state index in [-0.39, 0.29) is 11.5 Å². The van der Waals surface area contributed by atoms with Crippen molar-refractivity contribution >= 4 is 17.4 Å². The molecule has 29 heavy (non-hydrogen) atoms. The van der Waals surface area contributed by atoms with Crippen LogP contribution in [0, 0.1) is 5.82 Å². The van der Waals surface area contributed by atoms with Gasteiger partial charge in [-0.1, -0.05) is 18.2 Å². The number of aromatic nitrogens is 2. The number of rotatable bonds is 8. The first-order valence-electron chi connectivity index (χ1n) is 8.95. The number of benzene rings is 2. The number of amides is 1. The molecule has 1 aromatic heterocycles. The van der Waals surface area contributed by atoms with Gasteiger partial charge in [-0.15, -0.1) is 10.2 Å². The van der Waals surface area contributed by atoms with Crippen LogP contribution in [0.15, 0.2) is 54.6 Å². The highest BCUT2D eigenvalue weighted by atomic mass is 19.1. The molecule has 0 atom stereocenters. The highest BCUT2D eigenvalue weighted by Gasteiger charge is 2.11. The number of methoxy groups -OCH3 is 2. The van der Waals surface area contributed by atoms with Gasteiger partial charge in [0.05, 0.1) is 14.2 Å². The van der Waals surface area contributed by atoms with Crippen LogP contribution in [0.3, 0.4) is 0 Å². The minimum absolute atomic E-state index is 0.166. The molecule has 0 aliphatic rings. The van der Waals surface area contributed by atoms with Crippen molar-refractivity contribution in [2.75, 3.05) is 31.4 Å². The van der Waals surface area contributed by atoms with Crippen LogP contribution in [-0.4, -0.2) is 36.9 Å². The van der Waals surface area contributed by atoms with Gasteiger partial charge >= 0.3 is 0 Å². The SMILES string of the molecule is COc1ccc(NC(=O)c2ccc(NCCc3ccccc3F)nn2)cc1OC. The van der Waals surface area contributed by atoms with E-state index in [1.165, 1.54) is 20.3 Å². The summed E-state index contributed by atoms with van der Waals surface area (Å²) >= 11 is 0. The molecule has 0 spiro atoms. The van der Waals surface area contributed by atoms with Crippen molar-refractivity contribution in [3.05, 3.63) is 71.7 Å². The van der Waals surface area contributed by atoms with Crippen molar-refractivity contribution in [3.63, 3.8) is 0 Å².